The van der Waals surface area contributed by atoms with Crippen LogP contribution in [0.2, 0.25) is 5.28 Å². The molecule has 0 aromatic carbocycles. The van der Waals surface area contributed by atoms with Crippen LogP contribution in [0.4, 0.5) is 5.82 Å². The maximum absolute atomic E-state index is 11.5. The van der Waals surface area contributed by atoms with Crippen LogP contribution in [0.15, 0.2) is 6.20 Å². The van der Waals surface area contributed by atoms with Crippen molar-refractivity contribution >= 4 is 34.4 Å². The Morgan fingerprint density at radius 1 is 1.50 bits per heavy atom. The molecule has 0 aliphatic heterocycles. The van der Waals surface area contributed by atoms with Crippen LogP contribution < -0.4 is 10.6 Å². The molecule has 0 aliphatic carbocycles. The molecule has 0 saturated carbocycles. The molecule has 0 spiro atoms. The lowest BCUT2D eigenvalue weighted by Crippen LogP contribution is -2.30. The van der Waals surface area contributed by atoms with E-state index < -0.39 is 0 Å². The molecule has 96 valence electrons. The minimum absolute atomic E-state index is 0.0942. The van der Waals surface area contributed by atoms with Gasteiger partial charge in [0, 0.05) is 6.54 Å². The van der Waals surface area contributed by atoms with E-state index in [1.165, 1.54) is 0 Å². The summed E-state index contributed by atoms with van der Waals surface area (Å²) < 4.78 is 0. The fourth-order valence-electron chi connectivity index (χ4n) is 1.43. The van der Waals surface area contributed by atoms with Crippen molar-refractivity contribution in [1.29, 1.82) is 0 Å². The maximum Gasteiger partial charge on any atom is 0.239 e. The van der Waals surface area contributed by atoms with E-state index >= 15 is 0 Å². The summed E-state index contributed by atoms with van der Waals surface area (Å²) in [7, 11) is 0. The number of amides is 1. The van der Waals surface area contributed by atoms with Gasteiger partial charge in [0.25, 0.3) is 0 Å². The predicted molar refractivity (Wildman–Crippen MR) is 68.5 cm³/mol. The summed E-state index contributed by atoms with van der Waals surface area (Å²) in [4.78, 5) is 19.5. The fourth-order valence-corrected chi connectivity index (χ4v) is 1.60. The smallest absolute Gasteiger partial charge is 0.239 e. The molecule has 2 aromatic heterocycles. The van der Waals surface area contributed by atoms with Crippen LogP contribution in [0.25, 0.3) is 11.0 Å². The van der Waals surface area contributed by atoms with Crippen molar-refractivity contribution < 1.29 is 4.79 Å². The zero-order valence-corrected chi connectivity index (χ0v) is 10.6. The normalized spacial score (nSPS) is 10.6. The first-order valence-electron chi connectivity index (χ1n) is 5.58. The number of nitrogens with one attached hydrogen (secondary N) is 3. The van der Waals surface area contributed by atoms with Crippen LogP contribution in [-0.2, 0) is 4.79 Å². The Hall–Kier alpha value is -1.89. The molecule has 0 radical (unpaired) electrons. The third-order valence-corrected chi connectivity index (χ3v) is 2.44. The summed E-state index contributed by atoms with van der Waals surface area (Å²) in [6, 6.07) is 0. The minimum Gasteiger partial charge on any atom is -0.360 e. The molecule has 0 saturated heterocycles. The second kappa shape index (κ2) is 5.63. The van der Waals surface area contributed by atoms with Crippen molar-refractivity contribution in [1.82, 2.24) is 25.5 Å². The number of hydrogen-bond donors (Lipinski definition) is 3. The van der Waals surface area contributed by atoms with Crippen molar-refractivity contribution in [2.45, 2.75) is 13.3 Å². The largest absolute Gasteiger partial charge is 0.360 e. The molecule has 2 aromatic rings. The Kier molecular flexibility index (Phi) is 3.93. The third kappa shape index (κ3) is 2.86. The number of fused-ring (bicyclic) bond motifs is 1. The number of H-pyrrole nitrogens is 1. The summed E-state index contributed by atoms with van der Waals surface area (Å²) in [6.07, 6.45) is 2.48. The molecule has 0 unspecified atom stereocenters. The van der Waals surface area contributed by atoms with Gasteiger partial charge in [-0.25, -0.2) is 0 Å². The summed E-state index contributed by atoms with van der Waals surface area (Å²) >= 11 is 5.77. The van der Waals surface area contributed by atoms with Gasteiger partial charge < -0.3 is 10.6 Å². The monoisotopic (exact) mass is 268 g/mol. The number of carbonyl (C=O) groups is 1. The highest BCUT2D eigenvalue weighted by Crippen LogP contribution is 2.19. The molecule has 0 atom stereocenters. The van der Waals surface area contributed by atoms with Gasteiger partial charge in [-0.3, -0.25) is 9.89 Å². The van der Waals surface area contributed by atoms with Crippen LogP contribution in [-0.4, -0.2) is 39.2 Å². The zero-order chi connectivity index (χ0) is 13.0. The molecule has 18 heavy (non-hydrogen) atoms. The van der Waals surface area contributed by atoms with Crippen molar-refractivity contribution in [3.05, 3.63) is 11.5 Å². The third-order valence-electron chi connectivity index (χ3n) is 2.27. The van der Waals surface area contributed by atoms with Gasteiger partial charge in [0.15, 0.2) is 5.65 Å². The Morgan fingerprint density at radius 2 is 2.33 bits per heavy atom. The number of carbonyl (C=O) groups excluding carboxylic acids is 1. The molecule has 3 N–H and O–H groups in total. The van der Waals surface area contributed by atoms with E-state index in [1.54, 1.807) is 6.20 Å². The molecule has 2 heterocycles. The Morgan fingerprint density at radius 3 is 3.11 bits per heavy atom. The number of rotatable bonds is 5. The maximum atomic E-state index is 11.5. The van der Waals surface area contributed by atoms with Gasteiger partial charge >= 0.3 is 0 Å². The van der Waals surface area contributed by atoms with Crippen LogP contribution in [0.5, 0.6) is 0 Å². The van der Waals surface area contributed by atoms with E-state index in [9.17, 15) is 4.79 Å². The van der Waals surface area contributed by atoms with Crippen molar-refractivity contribution in [2.24, 2.45) is 0 Å². The number of hydrogen-bond acceptors (Lipinski definition) is 5. The van der Waals surface area contributed by atoms with Gasteiger partial charge in [-0.05, 0) is 18.0 Å². The van der Waals surface area contributed by atoms with Crippen LogP contribution in [0.3, 0.4) is 0 Å². The average molecular weight is 269 g/mol. The number of aromatic amines is 1. The molecule has 0 bridgehead atoms. The summed E-state index contributed by atoms with van der Waals surface area (Å²) in [5.74, 6) is 0.397. The van der Waals surface area contributed by atoms with E-state index in [0.29, 0.717) is 23.4 Å². The fraction of sp³-hybridized carbons (Fsp3) is 0.400. The molecule has 1 amide bonds. The quantitative estimate of drug-likeness (QED) is 0.702. The van der Waals surface area contributed by atoms with E-state index in [2.05, 4.69) is 30.8 Å². The highest BCUT2D eigenvalue weighted by Gasteiger charge is 2.09. The topological polar surface area (TPSA) is 95.6 Å². The number of anilines is 1. The highest BCUT2D eigenvalue weighted by molar-refractivity contribution is 6.28. The van der Waals surface area contributed by atoms with Gasteiger partial charge in [0.1, 0.15) is 5.82 Å². The molecular weight excluding hydrogens is 256 g/mol. The van der Waals surface area contributed by atoms with E-state index in [1.807, 2.05) is 6.92 Å². The Bertz CT molecular complexity index is 554. The number of halogens is 1. The van der Waals surface area contributed by atoms with Crippen LogP contribution in [0, 0.1) is 0 Å². The van der Waals surface area contributed by atoms with Crippen molar-refractivity contribution in [3.8, 4) is 0 Å². The lowest BCUT2D eigenvalue weighted by Gasteiger charge is -2.07. The zero-order valence-electron chi connectivity index (χ0n) is 9.83. The molecular formula is C10H13ClN6O. The molecule has 7 nitrogen and oxygen atoms in total. The average Bonchev–Trinajstić information content (AvgIpc) is 2.81. The molecule has 0 aliphatic rings. The Labute approximate surface area is 108 Å². The molecule has 2 rings (SSSR count). The standard InChI is InChI=1S/C10H13ClN6O/c1-2-3-12-7(18)5-13-8-6-4-14-17-9(6)16-10(11)15-8/h4H,2-3,5H2,1H3,(H,12,18)(H2,13,14,15,16,17). The second-order valence-electron chi connectivity index (χ2n) is 3.68. The SMILES string of the molecule is CCCNC(=O)CNc1nc(Cl)nc2[nH]ncc12. The lowest BCUT2D eigenvalue weighted by molar-refractivity contribution is -0.119. The van der Waals surface area contributed by atoms with Gasteiger partial charge in [-0.1, -0.05) is 6.92 Å². The summed E-state index contributed by atoms with van der Waals surface area (Å²) in [6.45, 7) is 2.78. The summed E-state index contributed by atoms with van der Waals surface area (Å²) in [5.41, 5.74) is 0.534. The summed E-state index contributed by atoms with van der Waals surface area (Å²) in [5, 5.41) is 13.0. The van der Waals surface area contributed by atoms with E-state index in [4.69, 9.17) is 11.6 Å². The second-order valence-corrected chi connectivity index (χ2v) is 4.02. The van der Waals surface area contributed by atoms with Gasteiger partial charge in [-0.15, -0.1) is 0 Å². The first-order chi connectivity index (χ1) is 8.70. The van der Waals surface area contributed by atoms with Gasteiger partial charge in [0.05, 0.1) is 18.1 Å². The minimum atomic E-state index is -0.0942. The molecule has 0 fully saturated rings. The lowest BCUT2D eigenvalue weighted by atomic mass is 10.4. The van der Waals surface area contributed by atoms with Crippen molar-refractivity contribution in [2.75, 3.05) is 18.4 Å². The number of nitrogens with zero attached hydrogens (tertiary/aromatic N) is 3. The highest BCUT2D eigenvalue weighted by atomic mass is 35.5. The number of aromatic nitrogens is 4. The first-order valence-corrected chi connectivity index (χ1v) is 5.95. The first kappa shape index (κ1) is 12.6. The Balaban J connectivity index is 2.07. The predicted octanol–water partition coefficient (Wildman–Crippen LogP) is 0.944. The van der Waals surface area contributed by atoms with Crippen LogP contribution >= 0.6 is 11.6 Å². The van der Waals surface area contributed by atoms with Gasteiger partial charge in [0.2, 0.25) is 11.2 Å². The van der Waals surface area contributed by atoms with E-state index in [0.717, 1.165) is 6.42 Å². The van der Waals surface area contributed by atoms with Crippen molar-refractivity contribution in [3.63, 3.8) is 0 Å². The van der Waals surface area contributed by atoms with Gasteiger partial charge in [-0.2, -0.15) is 15.1 Å². The van der Waals surface area contributed by atoms with Crippen LogP contribution in [0.1, 0.15) is 13.3 Å². The molecule has 8 heteroatoms. The van der Waals surface area contributed by atoms with E-state index in [-0.39, 0.29) is 17.7 Å².